The van der Waals surface area contributed by atoms with E-state index >= 15 is 0 Å². The van der Waals surface area contributed by atoms with Crippen molar-refractivity contribution in [2.75, 3.05) is 0 Å². The quantitative estimate of drug-likeness (QED) is 0.749. The Kier molecular flexibility index (Phi) is 3.71. The second kappa shape index (κ2) is 4.82. The molecule has 1 atom stereocenters. The van der Waals surface area contributed by atoms with Crippen LogP contribution in [-0.4, -0.2) is 11.8 Å². The molecule has 0 aliphatic carbocycles. The summed E-state index contributed by atoms with van der Waals surface area (Å²) in [6, 6.07) is 1.47. The smallest absolute Gasteiger partial charge is 0.153 e. The minimum Gasteiger partial charge on any atom is -0.472 e. The average Bonchev–Trinajstić information content (AvgIpc) is 2.57. The molecule has 1 heterocycles. The van der Waals surface area contributed by atoms with Crippen LogP contribution in [-0.2, 0) is 11.2 Å². The second-order valence-corrected chi connectivity index (χ2v) is 3.17. The largest absolute Gasteiger partial charge is 0.472 e. The minimum atomic E-state index is -0.320. The van der Waals surface area contributed by atoms with Crippen molar-refractivity contribution < 1.29 is 9.21 Å². The van der Waals surface area contributed by atoms with E-state index < -0.39 is 0 Å². The zero-order chi connectivity index (χ0) is 9.68. The lowest BCUT2D eigenvalue weighted by Crippen LogP contribution is -2.31. The molecule has 3 nitrogen and oxygen atoms in total. The number of ketones is 1. The molecule has 0 fully saturated rings. The Morgan fingerprint density at radius 3 is 3.00 bits per heavy atom. The van der Waals surface area contributed by atoms with E-state index in [0.717, 1.165) is 18.4 Å². The van der Waals surface area contributed by atoms with Gasteiger partial charge in [0.25, 0.3) is 0 Å². The summed E-state index contributed by atoms with van der Waals surface area (Å²) in [6.07, 6.45) is 5.23. The summed E-state index contributed by atoms with van der Waals surface area (Å²) in [7, 11) is 0. The van der Waals surface area contributed by atoms with Crippen molar-refractivity contribution in [1.29, 1.82) is 0 Å². The molecule has 0 radical (unpaired) electrons. The molecule has 72 valence electrons. The Morgan fingerprint density at radius 2 is 2.46 bits per heavy atom. The molecule has 0 bridgehead atoms. The number of hydrogen-bond donors (Lipinski definition) is 1. The third-order valence-corrected chi connectivity index (χ3v) is 1.97. The summed E-state index contributed by atoms with van der Waals surface area (Å²) < 4.78 is 4.86. The molecule has 1 rings (SSSR count). The van der Waals surface area contributed by atoms with E-state index in [-0.39, 0.29) is 11.8 Å². The number of furan rings is 1. The number of hydrogen-bond acceptors (Lipinski definition) is 3. The predicted octanol–water partition coefficient (Wildman–Crippen LogP) is 1.52. The first kappa shape index (κ1) is 9.99. The van der Waals surface area contributed by atoms with Crippen molar-refractivity contribution in [2.45, 2.75) is 32.2 Å². The van der Waals surface area contributed by atoms with E-state index in [1.807, 2.05) is 6.92 Å². The van der Waals surface area contributed by atoms with E-state index in [0.29, 0.717) is 6.42 Å². The number of Topliss-reactive ketones (excluding diaryl/α,β-unsaturated/α-hetero) is 1. The molecule has 0 saturated heterocycles. The standard InChI is InChI=1S/C10H15NO2/c1-2-3-9(11)10(12)6-8-4-5-13-7-8/h4-5,7,9H,2-3,6,11H2,1H3. The van der Waals surface area contributed by atoms with Gasteiger partial charge in [-0.15, -0.1) is 0 Å². The highest BCUT2D eigenvalue weighted by Gasteiger charge is 2.12. The molecule has 1 unspecified atom stereocenters. The van der Waals surface area contributed by atoms with Gasteiger partial charge >= 0.3 is 0 Å². The molecule has 2 N–H and O–H groups in total. The van der Waals surface area contributed by atoms with E-state index in [1.165, 1.54) is 0 Å². The molecule has 0 amide bonds. The maximum Gasteiger partial charge on any atom is 0.153 e. The molecule has 0 spiro atoms. The highest BCUT2D eigenvalue weighted by atomic mass is 16.3. The van der Waals surface area contributed by atoms with Gasteiger partial charge in [0.1, 0.15) is 0 Å². The molecule has 13 heavy (non-hydrogen) atoms. The van der Waals surface area contributed by atoms with Gasteiger partial charge in [-0.3, -0.25) is 4.79 Å². The van der Waals surface area contributed by atoms with Crippen molar-refractivity contribution in [3.63, 3.8) is 0 Å². The highest BCUT2D eigenvalue weighted by Crippen LogP contribution is 2.04. The molecule has 0 aliphatic heterocycles. The Labute approximate surface area is 77.9 Å². The topological polar surface area (TPSA) is 56.2 Å². The van der Waals surface area contributed by atoms with Gasteiger partial charge < -0.3 is 10.2 Å². The lowest BCUT2D eigenvalue weighted by Gasteiger charge is -2.07. The number of carbonyl (C=O) groups is 1. The summed E-state index contributed by atoms with van der Waals surface area (Å²) in [4.78, 5) is 11.4. The van der Waals surface area contributed by atoms with Crippen LogP contribution in [0, 0.1) is 0 Å². The first-order valence-electron chi connectivity index (χ1n) is 4.53. The van der Waals surface area contributed by atoms with Crippen LogP contribution in [0.1, 0.15) is 25.3 Å². The molecule has 0 saturated carbocycles. The molecular weight excluding hydrogens is 166 g/mol. The Hall–Kier alpha value is -1.09. The Balaban J connectivity index is 2.41. The Morgan fingerprint density at radius 1 is 1.69 bits per heavy atom. The van der Waals surface area contributed by atoms with Gasteiger partial charge in [-0.2, -0.15) is 0 Å². The van der Waals surface area contributed by atoms with Gasteiger partial charge in [-0.25, -0.2) is 0 Å². The van der Waals surface area contributed by atoms with Crippen molar-refractivity contribution in [3.8, 4) is 0 Å². The first-order valence-corrected chi connectivity index (χ1v) is 4.53. The Bertz CT molecular complexity index is 254. The minimum absolute atomic E-state index is 0.0863. The fourth-order valence-electron chi connectivity index (χ4n) is 1.20. The van der Waals surface area contributed by atoms with Crippen LogP contribution < -0.4 is 5.73 Å². The number of carbonyl (C=O) groups excluding carboxylic acids is 1. The highest BCUT2D eigenvalue weighted by molar-refractivity contribution is 5.85. The lowest BCUT2D eigenvalue weighted by atomic mass is 10.0. The summed E-state index contributed by atoms with van der Waals surface area (Å²) >= 11 is 0. The number of nitrogens with two attached hydrogens (primary N) is 1. The van der Waals surface area contributed by atoms with Crippen LogP contribution in [0.25, 0.3) is 0 Å². The fourth-order valence-corrected chi connectivity index (χ4v) is 1.20. The van der Waals surface area contributed by atoms with Gasteiger partial charge in [-0.05, 0) is 18.1 Å². The van der Waals surface area contributed by atoms with Crippen LogP contribution in [0.15, 0.2) is 23.0 Å². The van der Waals surface area contributed by atoms with E-state index in [2.05, 4.69) is 0 Å². The average molecular weight is 181 g/mol. The van der Waals surface area contributed by atoms with Crippen molar-refractivity contribution in [1.82, 2.24) is 0 Å². The molecule has 3 heteroatoms. The van der Waals surface area contributed by atoms with Gasteiger partial charge in [0.15, 0.2) is 5.78 Å². The van der Waals surface area contributed by atoms with Crippen molar-refractivity contribution in [2.24, 2.45) is 5.73 Å². The van der Waals surface area contributed by atoms with Crippen molar-refractivity contribution >= 4 is 5.78 Å². The maximum atomic E-state index is 11.4. The van der Waals surface area contributed by atoms with Gasteiger partial charge in [-0.1, -0.05) is 13.3 Å². The van der Waals surface area contributed by atoms with Crippen molar-refractivity contribution in [3.05, 3.63) is 24.2 Å². The maximum absolute atomic E-state index is 11.4. The third-order valence-electron chi connectivity index (χ3n) is 1.97. The van der Waals surface area contributed by atoms with Crippen LogP contribution in [0.4, 0.5) is 0 Å². The predicted molar refractivity (Wildman–Crippen MR) is 50.3 cm³/mol. The van der Waals surface area contributed by atoms with E-state index in [1.54, 1.807) is 18.6 Å². The van der Waals surface area contributed by atoms with Gasteiger partial charge in [0, 0.05) is 6.42 Å². The van der Waals surface area contributed by atoms with Gasteiger partial charge in [0.2, 0.25) is 0 Å². The molecule has 1 aromatic rings. The summed E-state index contributed by atoms with van der Waals surface area (Å²) in [6.45, 7) is 2.02. The SMILES string of the molecule is CCCC(N)C(=O)Cc1ccoc1. The summed E-state index contributed by atoms with van der Waals surface area (Å²) in [5, 5.41) is 0. The summed E-state index contributed by atoms with van der Waals surface area (Å²) in [5.41, 5.74) is 6.56. The first-order chi connectivity index (χ1) is 6.24. The van der Waals surface area contributed by atoms with E-state index in [4.69, 9.17) is 10.2 Å². The monoisotopic (exact) mass is 181 g/mol. The van der Waals surface area contributed by atoms with Crippen LogP contribution in [0.3, 0.4) is 0 Å². The lowest BCUT2D eigenvalue weighted by molar-refractivity contribution is -0.119. The van der Waals surface area contributed by atoms with Gasteiger partial charge in [0.05, 0.1) is 18.6 Å². The zero-order valence-electron chi connectivity index (χ0n) is 7.82. The number of rotatable bonds is 5. The molecular formula is C10H15NO2. The van der Waals surface area contributed by atoms with Crippen LogP contribution in [0.5, 0.6) is 0 Å². The second-order valence-electron chi connectivity index (χ2n) is 3.17. The fraction of sp³-hybridized carbons (Fsp3) is 0.500. The molecule has 1 aromatic heterocycles. The molecule has 0 aliphatic rings. The molecule has 0 aromatic carbocycles. The van der Waals surface area contributed by atoms with E-state index in [9.17, 15) is 4.79 Å². The zero-order valence-corrected chi connectivity index (χ0v) is 7.82. The summed E-state index contributed by atoms with van der Waals surface area (Å²) in [5.74, 6) is 0.0863. The van der Waals surface area contributed by atoms with Crippen LogP contribution >= 0.6 is 0 Å². The normalized spacial score (nSPS) is 12.8. The third kappa shape index (κ3) is 3.03. The van der Waals surface area contributed by atoms with Crippen LogP contribution in [0.2, 0.25) is 0 Å².